The maximum atomic E-state index is 12.4. The van der Waals surface area contributed by atoms with Gasteiger partial charge >= 0.3 is 0 Å². The van der Waals surface area contributed by atoms with Crippen molar-refractivity contribution < 1.29 is 9.90 Å². The third-order valence-corrected chi connectivity index (χ3v) is 5.96. The molecular formula is C19H30N6O2. The molecule has 2 atom stereocenters. The normalized spacial score (nSPS) is 27.1. The number of carbonyl (C=O) groups is 1. The van der Waals surface area contributed by atoms with Crippen molar-refractivity contribution in [2.24, 2.45) is 0 Å². The fraction of sp³-hybridized carbons (Fsp3) is 0.737. The largest absolute Gasteiger partial charge is 0.390 e. The van der Waals surface area contributed by atoms with Crippen LogP contribution in [0.25, 0.3) is 0 Å². The molecule has 0 bridgehead atoms. The zero-order chi connectivity index (χ0) is 19.1. The minimum Gasteiger partial charge on any atom is -0.390 e. The third kappa shape index (κ3) is 3.53. The summed E-state index contributed by atoms with van der Waals surface area (Å²) < 4.78 is 0. The fourth-order valence-corrected chi connectivity index (χ4v) is 4.27. The second kappa shape index (κ2) is 7.33. The van der Waals surface area contributed by atoms with Crippen LogP contribution >= 0.6 is 0 Å². The minimum absolute atomic E-state index is 0.114. The molecule has 1 aromatic rings. The topological polar surface area (TPSA) is 84.8 Å². The highest BCUT2D eigenvalue weighted by Crippen LogP contribution is 2.30. The summed E-state index contributed by atoms with van der Waals surface area (Å²) >= 11 is 0. The maximum Gasteiger partial charge on any atom is 0.270 e. The molecule has 0 aliphatic carbocycles. The zero-order valence-corrected chi connectivity index (χ0v) is 16.5. The predicted molar refractivity (Wildman–Crippen MR) is 103 cm³/mol. The molecule has 0 unspecified atom stereocenters. The van der Waals surface area contributed by atoms with E-state index in [0.29, 0.717) is 24.6 Å². The van der Waals surface area contributed by atoms with Gasteiger partial charge in [0.15, 0.2) is 0 Å². The van der Waals surface area contributed by atoms with E-state index < -0.39 is 6.10 Å². The molecule has 8 nitrogen and oxygen atoms in total. The van der Waals surface area contributed by atoms with Gasteiger partial charge in [0.1, 0.15) is 17.3 Å². The van der Waals surface area contributed by atoms with Crippen LogP contribution in [0.1, 0.15) is 41.6 Å². The molecule has 3 aliphatic heterocycles. The number of fused-ring (bicyclic) bond motifs is 1. The average molecular weight is 374 g/mol. The number of nitrogens with zero attached hydrogens (tertiary/aromatic N) is 5. The molecule has 4 heterocycles. The van der Waals surface area contributed by atoms with E-state index in [1.165, 1.54) is 0 Å². The molecule has 0 saturated carbocycles. The van der Waals surface area contributed by atoms with Crippen molar-refractivity contribution in [1.82, 2.24) is 25.1 Å². The molecule has 4 rings (SSSR count). The number of hydrogen-bond acceptors (Lipinski definition) is 7. The number of aliphatic hydroxyl groups excluding tert-OH is 1. The first-order valence-corrected chi connectivity index (χ1v) is 9.98. The molecule has 1 amide bonds. The highest BCUT2D eigenvalue weighted by molar-refractivity contribution is 5.96. The molecule has 148 valence electrons. The quantitative estimate of drug-likeness (QED) is 0.750. The average Bonchev–Trinajstić information content (AvgIpc) is 3.03. The Labute approximate surface area is 160 Å². The van der Waals surface area contributed by atoms with Gasteiger partial charge in [-0.15, -0.1) is 0 Å². The van der Waals surface area contributed by atoms with Crippen LogP contribution in [0.5, 0.6) is 0 Å². The van der Waals surface area contributed by atoms with Gasteiger partial charge in [-0.1, -0.05) is 13.8 Å². The van der Waals surface area contributed by atoms with E-state index in [9.17, 15) is 9.90 Å². The summed E-state index contributed by atoms with van der Waals surface area (Å²) in [5.74, 6) is 1.56. The first kappa shape index (κ1) is 18.6. The molecule has 0 radical (unpaired) electrons. The van der Waals surface area contributed by atoms with Crippen LogP contribution in [-0.4, -0.2) is 95.8 Å². The molecule has 0 aromatic carbocycles. The van der Waals surface area contributed by atoms with Gasteiger partial charge in [-0.25, -0.2) is 9.97 Å². The third-order valence-electron chi connectivity index (χ3n) is 5.96. The first-order valence-electron chi connectivity index (χ1n) is 9.98. The number of piperazine rings is 1. The lowest BCUT2D eigenvalue weighted by Crippen LogP contribution is -2.52. The number of nitrogens with one attached hydrogen (secondary N) is 1. The summed E-state index contributed by atoms with van der Waals surface area (Å²) in [4.78, 5) is 28.6. The molecule has 27 heavy (non-hydrogen) atoms. The number of likely N-dealkylation sites (N-methyl/N-ethyl adjacent to an activating group) is 1. The number of aliphatic hydroxyl groups is 1. The Bertz CT molecular complexity index is 716. The number of β-amino-alcohol motifs (C(OH)–C–C–N with tert-alkyl or cyclic N) is 1. The van der Waals surface area contributed by atoms with Crippen LogP contribution in [0, 0.1) is 0 Å². The smallest absolute Gasteiger partial charge is 0.270 e. The van der Waals surface area contributed by atoms with Crippen molar-refractivity contribution in [3.63, 3.8) is 0 Å². The maximum absolute atomic E-state index is 12.4. The van der Waals surface area contributed by atoms with Crippen LogP contribution in [0.3, 0.4) is 0 Å². The van der Waals surface area contributed by atoms with Crippen LogP contribution < -0.4 is 10.2 Å². The summed E-state index contributed by atoms with van der Waals surface area (Å²) in [5.41, 5.74) is 1.43. The second-order valence-electron chi connectivity index (χ2n) is 8.27. The fourth-order valence-electron chi connectivity index (χ4n) is 4.27. The van der Waals surface area contributed by atoms with Crippen molar-refractivity contribution in [2.75, 3.05) is 57.8 Å². The Morgan fingerprint density at radius 2 is 1.89 bits per heavy atom. The number of rotatable bonds is 3. The van der Waals surface area contributed by atoms with Crippen LogP contribution in [0.4, 0.5) is 5.82 Å². The van der Waals surface area contributed by atoms with Gasteiger partial charge in [0.25, 0.3) is 5.91 Å². The number of aromatic nitrogens is 2. The summed E-state index contributed by atoms with van der Waals surface area (Å²) in [5, 5.41) is 13.6. The monoisotopic (exact) mass is 374 g/mol. The molecule has 3 aliphatic rings. The lowest BCUT2D eigenvalue weighted by atomic mass is 10.0. The van der Waals surface area contributed by atoms with Gasteiger partial charge < -0.3 is 20.2 Å². The number of carbonyl (C=O) groups excluding carboxylic acids is 1. The molecule has 2 saturated heterocycles. The summed E-state index contributed by atoms with van der Waals surface area (Å²) in [7, 11) is 2.14. The molecule has 2 fully saturated rings. The Hall–Kier alpha value is -1.77. The highest BCUT2D eigenvalue weighted by atomic mass is 16.3. The van der Waals surface area contributed by atoms with E-state index in [0.717, 1.165) is 50.5 Å². The van der Waals surface area contributed by atoms with Crippen molar-refractivity contribution in [2.45, 2.75) is 38.3 Å². The molecular weight excluding hydrogens is 344 g/mol. The van der Waals surface area contributed by atoms with Crippen LogP contribution in [-0.2, 0) is 6.42 Å². The molecule has 8 heteroatoms. The molecule has 2 N–H and O–H groups in total. The van der Waals surface area contributed by atoms with Crippen molar-refractivity contribution in [1.29, 1.82) is 0 Å². The van der Waals surface area contributed by atoms with E-state index in [2.05, 4.69) is 32.0 Å². The van der Waals surface area contributed by atoms with Crippen LogP contribution in [0.2, 0.25) is 0 Å². The summed E-state index contributed by atoms with van der Waals surface area (Å²) in [6.07, 6.45) is 0.333. The Balaban J connectivity index is 1.62. The Morgan fingerprint density at radius 1 is 1.15 bits per heavy atom. The Kier molecular flexibility index (Phi) is 5.05. The standard InChI is InChI=1S/C19H30N6O2/c1-12(2)17-21-16-13(4-5-20-19(16)27)18(22-17)25-10-14(15(26)11-25)24-8-6-23(3)7-9-24/h12,14-15,26H,4-11H2,1-3H3,(H,20,27)/t14-,15-/m0/s1. The van der Waals surface area contributed by atoms with Gasteiger partial charge in [-0.05, 0) is 13.5 Å². The zero-order valence-electron chi connectivity index (χ0n) is 16.5. The number of hydrogen-bond donors (Lipinski definition) is 2. The van der Waals surface area contributed by atoms with Gasteiger partial charge in [0.2, 0.25) is 0 Å². The number of anilines is 1. The molecule has 0 spiro atoms. The van der Waals surface area contributed by atoms with E-state index in [1.54, 1.807) is 0 Å². The van der Waals surface area contributed by atoms with Crippen molar-refractivity contribution >= 4 is 11.7 Å². The number of amides is 1. The predicted octanol–water partition coefficient (Wildman–Crippen LogP) is -0.317. The van der Waals surface area contributed by atoms with Crippen molar-refractivity contribution in [3.8, 4) is 0 Å². The summed E-state index contributed by atoms with van der Waals surface area (Å²) in [6.45, 7) is 10.0. The summed E-state index contributed by atoms with van der Waals surface area (Å²) in [6, 6.07) is 0.115. The van der Waals surface area contributed by atoms with Gasteiger partial charge in [0.05, 0.1) is 12.1 Å². The van der Waals surface area contributed by atoms with Crippen molar-refractivity contribution in [3.05, 3.63) is 17.1 Å². The Morgan fingerprint density at radius 3 is 2.59 bits per heavy atom. The van der Waals surface area contributed by atoms with E-state index >= 15 is 0 Å². The lowest BCUT2D eigenvalue weighted by molar-refractivity contribution is 0.0512. The SMILES string of the molecule is CC(C)c1nc2c(c(N3C[C@H](O)[C@@H](N4CCN(C)CC4)C3)n1)CCNC2=O. The molecule has 1 aromatic heterocycles. The first-order chi connectivity index (χ1) is 12.9. The minimum atomic E-state index is -0.404. The van der Waals surface area contributed by atoms with Crippen LogP contribution in [0.15, 0.2) is 0 Å². The van der Waals surface area contributed by atoms with E-state index in [1.807, 2.05) is 13.8 Å². The van der Waals surface area contributed by atoms with Gasteiger partial charge in [-0.3, -0.25) is 9.69 Å². The van der Waals surface area contributed by atoms with E-state index in [-0.39, 0.29) is 17.9 Å². The van der Waals surface area contributed by atoms with Gasteiger partial charge in [0, 0.05) is 57.3 Å². The second-order valence-corrected chi connectivity index (χ2v) is 8.27. The highest BCUT2D eigenvalue weighted by Gasteiger charge is 2.39. The van der Waals surface area contributed by atoms with E-state index in [4.69, 9.17) is 4.98 Å². The lowest BCUT2D eigenvalue weighted by Gasteiger charge is -2.37. The van der Waals surface area contributed by atoms with Gasteiger partial charge in [-0.2, -0.15) is 0 Å².